The Bertz CT molecular complexity index is 1390. The molecular formula is C31H34N4O5. The monoisotopic (exact) mass is 542 g/mol. The molecule has 0 radical (unpaired) electrons. The van der Waals surface area contributed by atoms with Gasteiger partial charge in [-0.2, -0.15) is 0 Å². The summed E-state index contributed by atoms with van der Waals surface area (Å²) in [5, 5.41) is 8.38. The molecule has 1 aromatic heterocycles. The molecule has 2 aromatic carbocycles. The second kappa shape index (κ2) is 13.9. The van der Waals surface area contributed by atoms with Crippen LogP contribution in [-0.4, -0.2) is 35.1 Å². The van der Waals surface area contributed by atoms with Crippen LogP contribution in [-0.2, 0) is 27.4 Å². The molecule has 0 bridgehead atoms. The maximum Gasteiger partial charge on any atom is 0.412 e. The number of anilines is 1. The van der Waals surface area contributed by atoms with Crippen LogP contribution in [0.15, 0.2) is 95.9 Å². The Kier molecular flexibility index (Phi) is 9.88. The molecule has 9 nitrogen and oxygen atoms in total. The molecular weight excluding hydrogens is 508 g/mol. The molecule has 208 valence electrons. The molecule has 3 N–H and O–H groups in total. The zero-order valence-corrected chi connectivity index (χ0v) is 22.4. The number of aromatic nitrogens is 1. The fraction of sp³-hybridized carbons (Fsp3) is 0.290. The van der Waals surface area contributed by atoms with Crippen molar-refractivity contribution in [3.63, 3.8) is 0 Å². The predicted octanol–water partition coefficient (Wildman–Crippen LogP) is 3.97. The number of rotatable bonds is 11. The van der Waals surface area contributed by atoms with Crippen LogP contribution >= 0.6 is 0 Å². The quantitative estimate of drug-likeness (QED) is 0.317. The summed E-state index contributed by atoms with van der Waals surface area (Å²) < 4.78 is 6.59. The number of carbonyl (C=O) groups excluding carboxylic acids is 3. The number of benzene rings is 2. The van der Waals surface area contributed by atoms with Crippen LogP contribution in [0.1, 0.15) is 36.9 Å². The highest BCUT2D eigenvalue weighted by Gasteiger charge is 2.29. The molecule has 1 aliphatic rings. The molecule has 1 fully saturated rings. The first kappa shape index (κ1) is 28.4. The van der Waals surface area contributed by atoms with Gasteiger partial charge in [-0.15, -0.1) is 0 Å². The van der Waals surface area contributed by atoms with E-state index in [4.69, 9.17) is 4.74 Å². The van der Waals surface area contributed by atoms with Gasteiger partial charge in [-0.05, 0) is 43.0 Å². The Balaban J connectivity index is 1.54. The molecule has 0 aliphatic carbocycles. The lowest BCUT2D eigenvalue weighted by atomic mass is 9.97. The Hall–Kier alpha value is -4.66. The van der Waals surface area contributed by atoms with E-state index in [-0.39, 0.29) is 42.5 Å². The number of pyridine rings is 1. The maximum absolute atomic E-state index is 13.7. The molecule has 0 saturated carbocycles. The van der Waals surface area contributed by atoms with Crippen molar-refractivity contribution in [1.29, 1.82) is 0 Å². The number of nitrogens with one attached hydrogen (secondary N) is 3. The first-order valence-corrected chi connectivity index (χ1v) is 13.4. The van der Waals surface area contributed by atoms with E-state index in [0.29, 0.717) is 19.4 Å². The van der Waals surface area contributed by atoms with Gasteiger partial charge in [0, 0.05) is 31.1 Å². The van der Waals surface area contributed by atoms with E-state index in [9.17, 15) is 19.2 Å². The van der Waals surface area contributed by atoms with Crippen molar-refractivity contribution in [3.05, 3.63) is 113 Å². The maximum atomic E-state index is 13.7. The van der Waals surface area contributed by atoms with Gasteiger partial charge in [0.05, 0.1) is 0 Å². The summed E-state index contributed by atoms with van der Waals surface area (Å²) >= 11 is 0. The SMILES string of the molecule is C/C=C/[C@H](C[C@@H]1CCNC1=O)NC(=O)[C@H](Cc1ccccc1)n1cccc(NC(=O)OCc2ccccc2)c1=O. The topological polar surface area (TPSA) is 119 Å². The summed E-state index contributed by atoms with van der Waals surface area (Å²) in [4.78, 5) is 51.8. The second-order valence-corrected chi connectivity index (χ2v) is 9.68. The van der Waals surface area contributed by atoms with Crippen molar-refractivity contribution in [2.45, 2.75) is 44.9 Å². The third kappa shape index (κ3) is 7.69. The lowest BCUT2D eigenvalue weighted by Crippen LogP contribution is -2.43. The van der Waals surface area contributed by atoms with Crippen molar-refractivity contribution in [3.8, 4) is 0 Å². The minimum absolute atomic E-state index is 0.000876. The van der Waals surface area contributed by atoms with Crippen LogP contribution in [0.5, 0.6) is 0 Å². The standard InChI is InChI=1S/C31H34N4O5/c1-2-10-25(20-24-16-17-32-28(24)36)33-29(37)27(19-22-11-5-3-6-12-22)35-18-9-15-26(30(35)38)34-31(39)40-21-23-13-7-4-8-14-23/h2-15,18,24-25,27H,16-17,19-21H2,1H3,(H,32,36)(H,33,37)(H,34,39)/b10-2+/t24-,25+,27-/m0/s1. The highest BCUT2D eigenvalue weighted by Crippen LogP contribution is 2.19. The summed E-state index contributed by atoms with van der Waals surface area (Å²) in [6.07, 6.45) is 5.87. The van der Waals surface area contributed by atoms with Gasteiger partial charge in [-0.25, -0.2) is 4.79 Å². The average molecular weight is 543 g/mol. The lowest BCUT2D eigenvalue weighted by molar-refractivity contribution is -0.126. The smallest absolute Gasteiger partial charge is 0.412 e. The van der Waals surface area contributed by atoms with E-state index in [1.807, 2.05) is 79.7 Å². The minimum Gasteiger partial charge on any atom is -0.444 e. The first-order valence-electron chi connectivity index (χ1n) is 13.4. The van der Waals surface area contributed by atoms with Crippen molar-refractivity contribution < 1.29 is 19.1 Å². The summed E-state index contributed by atoms with van der Waals surface area (Å²) in [7, 11) is 0. The molecule has 4 rings (SSSR count). The van der Waals surface area contributed by atoms with Crippen molar-refractivity contribution >= 4 is 23.6 Å². The minimum atomic E-state index is -0.901. The van der Waals surface area contributed by atoms with Gasteiger partial charge < -0.3 is 19.9 Å². The Labute approximate surface area is 233 Å². The van der Waals surface area contributed by atoms with Crippen LogP contribution in [0.25, 0.3) is 0 Å². The largest absolute Gasteiger partial charge is 0.444 e. The first-order chi connectivity index (χ1) is 19.4. The van der Waals surface area contributed by atoms with Gasteiger partial charge in [0.25, 0.3) is 5.56 Å². The molecule has 0 spiro atoms. The van der Waals surface area contributed by atoms with Gasteiger partial charge in [-0.3, -0.25) is 19.7 Å². The Morgan fingerprint density at radius 3 is 2.38 bits per heavy atom. The number of carbonyl (C=O) groups is 3. The molecule has 0 unspecified atom stereocenters. The van der Waals surface area contributed by atoms with E-state index >= 15 is 0 Å². The lowest BCUT2D eigenvalue weighted by Gasteiger charge is -2.24. The van der Waals surface area contributed by atoms with Gasteiger partial charge >= 0.3 is 6.09 Å². The normalized spacial score (nSPS) is 16.2. The Morgan fingerprint density at radius 1 is 1.02 bits per heavy atom. The molecule has 2 heterocycles. The summed E-state index contributed by atoms with van der Waals surface area (Å²) in [6.45, 7) is 2.53. The van der Waals surface area contributed by atoms with Crippen LogP contribution in [0, 0.1) is 5.92 Å². The number of hydrogen-bond acceptors (Lipinski definition) is 5. The fourth-order valence-corrected chi connectivity index (χ4v) is 4.75. The number of hydrogen-bond donors (Lipinski definition) is 3. The summed E-state index contributed by atoms with van der Waals surface area (Å²) in [5.74, 6) is -0.568. The van der Waals surface area contributed by atoms with Gasteiger partial charge in [0.2, 0.25) is 11.8 Å². The summed E-state index contributed by atoms with van der Waals surface area (Å²) in [5.41, 5.74) is 1.15. The number of allylic oxidation sites excluding steroid dienone is 1. The zero-order chi connectivity index (χ0) is 28.3. The number of nitrogens with zero attached hydrogens (tertiary/aromatic N) is 1. The van der Waals surface area contributed by atoms with Crippen molar-refractivity contribution in [1.82, 2.24) is 15.2 Å². The predicted molar refractivity (Wildman–Crippen MR) is 153 cm³/mol. The molecule has 3 amide bonds. The molecule has 40 heavy (non-hydrogen) atoms. The molecule has 1 aliphatic heterocycles. The van der Waals surface area contributed by atoms with E-state index in [1.165, 1.54) is 16.8 Å². The third-order valence-corrected chi connectivity index (χ3v) is 6.79. The molecule has 9 heteroatoms. The number of ether oxygens (including phenoxy) is 1. The van der Waals surface area contributed by atoms with Gasteiger partial charge in [-0.1, -0.05) is 72.8 Å². The number of amides is 3. The molecule has 3 atom stereocenters. The summed E-state index contributed by atoms with van der Waals surface area (Å²) in [6, 6.07) is 20.4. The van der Waals surface area contributed by atoms with E-state index in [0.717, 1.165) is 11.1 Å². The second-order valence-electron chi connectivity index (χ2n) is 9.68. The Morgan fingerprint density at radius 2 is 1.73 bits per heavy atom. The highest BCUT2D eigenvalue weighted by molar-refractivity contribution is 5.85. The van der Waals surface area contributed by atoms with E-state index in [2.05, 4.69) is 16.0 Å². The third-order valence-electron chi connectivity index (χ3n) is 6.79. The van der Waals surface area contributed by atoms with Crippen LogP contribution in [0.2, 0.25) is 0 Å². The van der Waals surface area contributed by atoms with Crippen LogP contribution < -0.4 is 21.5 Å². The van der Waals surface area contributed by atoms with Crippen LogP contribution in [0.4, 0.5) is 10.5 Å². The fourth-order valence-electron chi connectivity index (χ4n) is 4.75. The average Bonchev–Trinajstić information content (AvgIpc) is 3.37. The van der Waals surface area contributed by atoms with Crippen molar-refractivity contribution in [2.75, 3.05) is 11.9 Å². The van der Waals surface area contributed by atoms with Crippen molar-refractivity contribution in [2.24, 2.45) is 5.92 Å². The highest BCUT2D eigenvalue weighted by atomic mass is 16.5. The molecule has 1 saturated heterocycles. The van der Waals surface area contributed by atoms with Gasteiger partial charge in [0.1, 0.15) is 18.3 Å². The molecule has 3 aromatic rings. The van der Waals surface area contributed by atoms with E-state index in [1.54, 1.807) is 6.07 Å². The van der Waals surface area contributed by atoms with E-state index < -0.39 is 17.7 Å². The zero-order valence-electron chi connectivity index (χ0n) is 22.4. The van der Waals surface area contributed by atoms with Crippen LogP contribution in [0.3, 0.4) is 0 Å². The van der Waals surface area contributed by atoms with Gasteiger partial charge in [0.15, 0.2) is 0 Å².